The molecule has 2 rings (SSSR count). The second kappa shape index (κ2) is 4.08. The van der Waals surface area contributed by atoms with Crippen molar-refractivity contribution in [3.05, 3.63) is 27.9 Å². The summed E-state index contributed by atoms with van der Waals surface area (Å²) in [7, 11) is 0. The Morgan fingerprint density at radius 1 is 1.56 bits per heavy atom. The Morgan fingerprint density at radius 2 is 2.25 bits per heavy atom. The molecule has 1 heterocycles. The molecule has 1 aliphatic carbocycles. The Kier molecular flexibility index (Phi) is 2.77. The molecule has 1 N–H and O–H groups in total. The SMILES string of the molecule is Cc1nc(NC(C)C2CC2)ccc1[N+](=O)[O-]. The van der Waals surface area contributed by atoms with Crippen LogP contribution in [0, 0.1) is 23.0 Å². The number of hydrogen-bond donors (Lipinski definition) is 1. The van der Waals surface area contributed by atoms with Crippen molar-refractivity contribution in [3.8, 4) is 0 Å². The largest absolute Gasteiger partial charge is 0.367 e. The van der Waals surface area contributed by atoms with Crippen LogP contribution < -0.4 is 5.32 Å². The number of nitrogens with zero attached hydrogens (tertiary/aromatic N) is 2. The summed E-state index contributed by atoms with van der Waals surface area (Å²) >= 11 is 0. The topological polar surface area (TPSA) is 68.1 Å². The lowest BCUT2D eigenvalue weighted by Crippen LogP contribution is -2.18. The van der Waals surface area contributed by atoms with Gasteiger partial charge in [0.05, 0.1) is 4.92 Å². The monoisotopic (exact) mass is 221 g/mol. The molecule has 1 unspecified atom stereocenters. The first kappa shape index (κ1) is 10.9. The van der Waals surface area contributed by atoms with Crippen LogP contribution >= 0.6 is 0 Å². The van der Waals surface area contributed by atoms with Gasteiger partial charge in [-0.1, -0.05) is 0 Å². The normalized spacial score (nSPS) is 16.9. The molecule has 16 heavy (non-hydrogen) atoms. The van der Waals surface area contributed by atoms with Crippen LogP contribution in [0.25, 0.3) is 0 Å². The molecule has 1 aromatic heterocycles. The standard InChI is InChI=1S/C11H15N3O2/c1-7(9-3-4-9)12-11-6-5-10(14(15)16)8(2)13-11/h5-7,9H,3-4H2,1-2H3,(H,12,13). The van der Waals surface area contributed by atoms with E-state index in [4.69, 9.17) is 0 Å². The molecule has 0 aromatic carbocycles. The average Bonchev–Trinajstić information content (AvgIpc) is 2.99. The van der Waals surface area contributed by atoms with Gasteiger partial charge in [-0.05, 0) is 38.7 Å². The maximum atomic E-state index is 10.6. The summed E-state index contributed by atoms with van der Waals surface area (Å²) < 4.78 is 0. The second-order valence-electron chi connectivity index (χ2n) is 4.33. The van der Waals surface area contributed by atoms with E-state index in [1.165, 1.54) is 18.9 Å². The summed E-state index contributed by atoms with van der Waals surface area (Å²) in [5.41, 5.74) is 0.530. The number of pyridine rings is 1. The average molecular weight is 221 g/mol. The number of rotatable bonds is 4. The molecule has 86 valence electrons. The molecule has 1 saturated carbocycles. The third-order valence-corrected chi connectivity index (χ3v) is 2.96. The molecule has 0 aliphatic heterocycles. The van der Waals surface area contributed by atoms with Crippen LogP contribution in [0.5, 0.6) is 0 Å². The van der Waals surface area contributed by atoms with Gasteiger partial charge in [0.1, 0.15) is 11.5 Å². The smallest absolute Gasteiger partial charge is 0.290 e. The zero-order valence-electron chi connectivity index (χ0n) is 9.43. The fourth-order valence-electron chi connectivity index (χ4n) is 1.77. The molecular weight excluding hydrogens is 206 g/mol. The van der Waals surface area contributed by atoms with Gasteiger partial charge in [0.15, 0.2) is 0 Å². The molecule has 1 fully saturated rings. The van der Waals surface area contributed by atoms with Crippen molar-refractivity contribution in [2.45, 2.75) is 32.7 Å². The number of aryl methyl sites for hydroxylation is 1. The van der Waals surface area contributed by atoms with Gasteiger partial charge < -0.3 is 5.32 Å². The van der Waals surface area contributed by atoms with E-state index in [1.807, 2.05) is 0 Å². The van der Waals surface area contributed by atoms with Crippen LogP contribution in [-0.2, 0) is 0 Å². The third kappa shape index (κ3) is 2.29. The van der Waals surface area contributed by atoms with Crippen LogP contribution in [0.2, 0.25) is 0 Å². The summed E-state index contributed by atoms with van der Waals surface area (Å²) in [6.45, 7) is 3.78. The highest BCUT2D eigenvalue weighted by Gasteiger charge is 2.28. The number of nitro groups is 1. The lowest BCUT2D eigenvalue weighted by atomic mass is 10.2. The molecule has 1 atom stereocenters. The Morgan fingerprint density at radius 3 is 2.75 bits per heavy atom. The molecular formula is C11H15N3O2. The van der Waals surface area contributed by atoms with Crippen LogP contribution in [0.3, 0.4) is 0 Å². The van der Waals surface area contributed by atoms with Gasteiger partial charge in [0, 0.05) is 12.1 Å². The van der Waals surface area contributed by atoms with Crippen LogP contribution in [0.4, 0.5) is 11.5 Å². The predicted octanol–water partition coefficient (Wildman–Crippen LogP) is 2.51. The van der Waals surface area contributed by atoms with E-state index >= 15 is 0 Å². The highest BCUT2D eigenvalue weighted by atomic mass is 16.6. The van der Waals surface area contributed by atoms with Crippen molar-refractivity contribution in [3.63, 3.8) is 0 Å². The zero-order valence-corrected chi connectivity index (χ0v) is 9.43. The Labute approximate surface area is 94.0 Å². The van der Waals surface area contributed by atoms with E-state index in [0.717, 1.165) is 11.7 Å². The Bertz CT molecular complexity index is 416. The van der Waals surface area contributed by atoms with Gasteiger partial charge in [-0.15, -0.1) is 0 Å². The van der Waals surface area contributed by atoms with E-state index < -0.39 is 4.92 Å². The molecule has 1 aromatic rings. The van der Waals surface area contributed by atoms with E-state index in [9.17, 15) is 10.1 Å². The van der Waals surface area contributed by atoms with Crippen molar-refractivity contribution in [2.24, 2.45) is 5.92 Å². The molecule has 0 bridgehead atoms. The Hall–Kier alpha value is -1.65. The van der Waals surface area contributed by atoms with Crippen LogP contribution in [0.1, 0.15) is 25.5 Å². The highest BCUT2D eigenvalue weighted by Crippen LogP contribution is 2.33. The highest BCUT2D eigenvalue weighted by molar-refractivity contribution is 5.45. The summed E-state index contributed by atoms with van der Waals surface area (Å²) in [5, 5.41) is 13.9. The minimum Gasteiger partial charge on any atom is -0.367 e. The zero-order chi connectivity index (χ0) is 11.7. The Balaban J connectivity index is 2.10. The van der Waals surface area contributed by atoms with Crippen molar-refractivity contribution in [1.82, 2.24) is 4.98 Å². The minimum absolute atomic E-state index is 0.0737. The van der Waals surface area contributed by atoms with Gasteiger partial charge >= 0.3 is 0 Å². The molecule has 1 aliphatic rings. The molecule has 0 radical (unpaired) electrons. The summed E-state index contributed by atoms with van der Waals surface area (Å²) in [6.07, 6.45) is 2.53. The number of aromatic nitrogens is 1. The van der Waals surface area contributed by atoms with Crippen LogP contribution in [-0.4, -0.2) is 15.9 Å². The van der Waals surface area contributed by atoms with Crippen molar-refractivity contribution < 1.29 is 4.92 Å². The minimum atomic E-state index is -0.406. The first-order valence-corrected chi connectivity index (χ1v) is 5.46. The number of hydrogen-bond acceptors (Lipinski definition) is 4. The van der Waals surface area contributed by atoms with Crippen molar-refractivity contribution in [2.75, 3.05) is 5.32 Å². The molecule has 0 saturated heterocycles. The van der Waals surface area contributed by atoms with Crippen LogP contribution in [0.15, 0.2) is 12.1 Å². The lowest BCUT2D eigenvalue weighted by molar-refractivity contribution is -0.385. The predicted molar refractivity (Wildman–Crippen MR) is 61.4 cm³/mol. The lowest BCUT2D eigenvalue weighted by Gasteiger charge is -2.13. The number of nitrogens with one attached hydrogen (secondary N) is 1. The fourth-order valence-corrected chi connectivity index (χ4v) is 1.77. The molecule has 5 nitrogen and oxygen atoms in total. The molecule has 0 amide bonds. The summed E-state index contributed by atoms with van der Waals surface area (Å²) in [4.78, 5) is 14.4. The van der Waals surface area contributed by atoms with Gasteiger partial charge in [0.2, 0.25) is 0 Å². The van der Waals surface area contributed by atoms with Crippen molar-refractivity contribution in [1.29, 1.82) is 0 Å². The summed E-state index contributed by atoms with van der Waals surface area (Å²) in [5.74, 6) is 1.46. The van der Waals surface area contributed by atoms with Gasteiger partial charge in [0.25, 0.3) is 5.69 Å². The van der Waals surface area contributed by atoms with E-state index in [2.05, 4.69) is 17.2 Å². The first-order chi connectivity index (χ1) is 7.58. The molecule has 5 heteroatoms. The first-order valence-electron chi connectivity index (χ1n) is 5.46. The number of anilines is 1. The van der Waals surface area contributed by atoms with Gasteiger partial charge in [-0.2, -0.15) is 0 Å². The quantitative estimate of drug-likeness (QED) is 0.626. The maximum absolute atomic E-state index is 10.6. The van der Waals surface area contributed by atoms with E-state index in [1.54, 1.807) is 13.0 Å². The van der Waals surface area contributed by atoms with E-state index in [0.29, 0.717) is 11.7 Å². The van der Waals surface area contributed by atoms with E-state index in [-0.39, 0.29) is 5.69 Å². The fraction of sp³-hybridized carbons (Fsp3) is 0.545. The van der Waals surface area contributed by atoms with Gasteiger partial charge in [-0.25, -0.2) is 4.98 Å². The third-order valence-electron chi connectivity index (χ3n) is 2.96. The maximum Gasteiger partial charge on any atom is 0.290 e. The second-order valence-corrected chi connectivity index (χ2v) is 4.33. The van der Waals surface area contributed by atoms with Gasteiger partial charge in [-0.3, -0.25) is 10.1 Å². The molecule has 0 spiro atoms. The summed E-state index contributed by atoms with van der Waals surface area (Å²) in [6, 6.07) is 3.57. The van der Waals surface area contributed by atoms with Crippen molar-refractivity contribution >= 4 is 11.5 Å².